The summed E-state index contributed by atoms with van der Waals surface area (Å²) < 4.78 is 21.2. The van der Waals surface area contributed by atoms with Crippen molar-refractivity contribution in [2.24, 2.45) is 0 Å². The van der Waals surface area contributed by atoms with E-state index in [4.69, 9.17) is 18.9 Å². The molecule has 138 valence electrons. The summed E-state index contributed by atoms with van der Waals surface area (Å²) >= 11 is 9.25. The third-order valence-corrected chi connectivity index (χ3v) is 4.68. The molecule has 0 N–H and O–H groups in total. The summed E-state index contributed by atoms with van der Waals surface area (Å²) in [5.41, 5.74) is 1.74. The predicted molar refractivity (Wildman–Crippen MR) is 104 cm³/mol. The average Bonchev–Trinajstić information content (AvgIpc) is 2.65. The Hall–Kier alpha value is -1.43. The second-order valence-corrected chi connectivity index (χ2v) is 5.73. The Balaban J connectivity index is 0.00000312. The van der Waals surface area contributed by atoms with Gasteiger partial charge in [0.1, 0.15) is 0 Å². The van der Waals surface area contributed by atoms with Crippen molar-refractivity contribution in [3.63, 3.8) is 0 Å². The van der Waals surface area contributed by atoms with Gasteiger partial charge in [0.25, 0.3) is 0 Å². The van der Waals surface area contributed by atoms with Crippen LogP contribution < -0.4 is 18.9 Å². The maximum Gasteiger partial charge on any atom is 0.161 e. The van der Waals surface area contributed by atoms with Gasteiger partial charge in [-0.3, -0.25) is 0 Å². The molecule has 0 aliphatic rings. The van der Waals surface area contributed by atoms with Crippen molar-refractivity contribution in [2.45, 2.75) is 0 Å². The van der Waals surface area contributed by atoms with Crippen LogP contribution in [0.15, 0.2) is 36.4 Å². The van der Waals surface area contributed by atoms with Crippen LogP contribution in [0.4, 0.5) is 0 Å². The molecule has 0 fully saturated rings. The van der Waals surface area contributed by atoms with Gasteiger partial charge in [0.15, 0.2) is 23.0 Å². The summed E-state index contributed by atoms with van der Waals surface area (Å²) in [7, 11) is 6.39. The van der Waals surface area contributed by atoms with Crippen molar-refractivity contribution < 1.29 is 35.4 Å². The van der Waals surface area contributed by atoms with E-state index in [1.807, 2.05) is 36.4 Å². The van der Waals surface area contributed by atoms with Gasteiger partial charge >= 0.3 is 0 Å². The Morgan fingerprint density at radius 2 is 0.920 bits per heavy atom. The molecule has 25 heavy (non-hydrogen) atoms. The fourth-order valence-electron chi connectivity index (χ4n) is 2.24. The first-order valence-electron chi connectivity index (χ1n) is 7.12. The molecule has 2 aromatic rings. The molecular weight excluding hydrogens is 403 g/mol. The Kier molecular flexibility index (Phi) is 8.56. The smallest absolute Gasteiger partial charge is 0.161 e. The molecule has 0 aliphatic heterocycles. The van der Waals surface area contributed by atoms with Gasteiger partial charge < -0.3 is 18.9 Å². The van der Waals surface area contributed by atoms with Crippen LogP contribution >= 0.6 is 25.3 Å². The molecular formula is C18H20NiO4S2. The van der Waals surface area contributed by atoms with E-state index in [1.54, 1.807) is 28.4 Å². The molecule has 0 spiro atoms. The molecule has 0 heterocycles. The van der Waals surface area contributed by atoms with Crippen molar-refractivity contribution in [1.29, 1.82) is 0 Å². The van der Waals surface area contributed by atoms with E-state index < -0.39 is 0 Å². The number of rotatable bonds is 6. The van der Waals surface area contributed by atoms with Crippen LogP contribution in [0, 0.1) is 0 Å². The number of hydrogen-bond donors (Lipinski definition) is 2. The standard InChI is InChI=1S/C18H20O4S2.Ni/c1-19-13-7-5-11(9-15(13)21-3)17(23)18(24)12-6-8-14(20-2)16(10-12)22-4;/h5-10,23-24H,1-4H3;/b18-17+;. The summed E-state index contributed by atoms with van der Waals surface area (Å²) in [5, 5.41) is 0. The first kappa shape index (κ1) is 21.6. The Labute approximate surface area is 169 Å². The first-order valence-corrected chi connectivity index (χ1v) is 8.02. The zero-order chi connectivity index (χ0) is 17.7. The van der Waals surface area contributed by atoms with E-state index >= 15 is 0 Å². The average molecular weight is 423 g/mol. The number of methoxy groups -OCH3 is 4. The monoisotopic (exact) mass is 422 g/mol. The second-order valence-electron chi connectivity index (χ2n) is 4.84. The molecule has 7 heteroatoms. The molecule has 0 saturated heterocycles. The van der Waals surface area contributed by atoms with Crippen molar-refractivity contribution in [1.82, 2.24) is 0 Å². The molecule has 0 unspecified atom stereocenters. The van der Waals surface area contributed by atoms with Crippen LogP contribution in [0.2, 0.25) is 0 Å². The van der Waals surface area contributed by atoms with Crippen molar-refractivity contribution in [3.05, 3.63) is 47.5 Å². The van der Waals surface area contributed by atoms with Gasteiger partial charge in [0.05, 0.1) is 28.4 Å². The van der Waals surface area contributed by atoms with E-state index in [-0.39, 0.29) is 16.5 Å². The van der Waals surface area contributed by atoms with Gasteiger partial charge in [-0.1, -0.05) is 0 Å². The number of ether oxygens (including phenoxy) is 4. The van der Waals surface area contributed by atoms with Crippen molar-refractivity contribution in [3.8, 4) is 23.0 Å². The molecule has 4 nitrogen and oxygen atoms in total. The molecule has 2 rings (SSSR count). The van der Waals surface area contributed by atoms with Crippen LogP contribution in [0.5, 0.6) is 23.0 Å². The van der Waals surface area contributed by atoms with E-state index in [9.17, 15) is 0 Å². The summed E-state index contributed by atoms with van der Waals surface area (Å²) in [6.07, 6.45) is 0. The van der Waals surface area contributed by atoms with Crippen LogP contribution in [0.1, 0.15) is 11.1 Å². The molecule has 2 aromatic carbocycles. The quantitative estimate of drug-likeness (QED) is 0.410. The summed E-state index contributed by atoms with van der Waals surface area (Å²) in [6.45, 7) is 0. The van der Waals surface area contributed by atoms with Gasteiger partial charge in [-0.15, -0.1) is 25.3 Å². The fourth-order valence-corrected chi connectivity index (χ4v) is 2.78. The number of thiol groups is 2. The van der Waals surface area contributed by atoms with Crippen LogP contribution in [-0.4, -0.2) is 28.4 Å². The minimum absolute atomic E-state index is 0. The molecule has 0 bridgehead atoms. The maximum absolute atomic E-state index is 5.34. The Morgan fingerprint density at radius 3 is 1.20 bits per heavy atom. The zero-order valence-corrected chi connectivity index (χ0v) is 17.1. The molecule has 0 radical (unpaired) electrons. The van der Waals surface area contributed by atoms with Gasteiger partial charge in [0, 0.05) is 26.3 Å². The predicted octanol–water partition coefficient (Wildman–Crippen LogP) is 4.40. The van der Waals surface area contributed by atoms with Gasteiger partial charge in [-0.05, 0) is 47.5 Å². The molecule has 0 amide bonds. The minimum Gasteiger partial charge on any atom is -0.493 e. The topological polar surface area (TPSA) is 36.9 Å². The van der Waals surface area contributed by atoms with Gasteiger partial charge in [0.2, 0.25) is 0 Å². The number of hydrogen-bond acceptors (Lipinski definition) is 6. The first-order chi connectivity index (χ1) is 11.5. The summed E-state index contributed by atoms with van der Waals surface area (Å²) in [6, 6.07) is 11.2. The van der Waals surface area contributed by atoms with E-state index in [2.05, 4.69) is 25.3 Å². The van der Waals surface area contributed by atoms with Gasteiger partial charge in [-0.2, -0.15) is 0 Å². The van der Waals surface area contributed by atoms with Crippen LogP contribution in [0.25, 0.3) is 9.81 Å². The Morgan fingerprint density at radius 1 is 0.600 bits per heavy atom. The number of benzene rings is 2. The zero-order valence-electron chi connectivity index (χ0n) is 14.3. The summed E-state index contributed by atoms with van der Waals surface area (Å²) in [5.74, 6) is 2.59. The van der Waals surface area contributed by atoms with Crippen LogP contribution in [0.3, 0.4) is 0 Å². The SMILES string of the molecule is COc1ccc(/C(S)=C(\S)c2ccc(OC)c(OC)c2)cc1OC.[Ni]. The normalized spacial score (nSPS) is 11.1. The molecule has 0 aromatic heterocycles. The third kappa shape index (κ3) is 4.81. The largest absolute Gasteiger partial charge is 0.493 e. The molecule has 0 saturated carbocycles. The van der Waals surface area contributed by atoms with E-state index in [0.717, 1.165) is 11.1 Å². The summed E-state index contributed by atoms with van der Waals surface area (Å²) in [4.78, 5) is 1.43. The molecule has 0 atom stereocenters. The fraction of sp³-hybridized carbons (Fsp3) is 0.222. The third-order valence-electron chi connectivity index (χ3n) is 3.54. The van der Waals surface area contributed by atoms with Crippen molar-refractivity contribution >= 4 is 35.1 Å². The maximum atomic E-state index is 5.34. The molecule has 0 aliphatic carbocycles. The second kappa shape index (κ2) is 9.90. The Bertz CT molecular complexity index is 699. The van der Waals surface area contributed by atoms with Gasteiger partial charge in [-0.25, -0.2) is 0 Å². The van der Waals surface area contributed by atoms with Crippen molar-refractivity contribution in [2.75, 3.05) is 28.4 Å². The van der Waals surface area contributed by atoms with E-state index in [0.29, 0.717) is 32.8 Å². The minimum atomic E-state index is 0. The van der Waals surface area contributed by atoms with Crippen LogP contribution in [-0.2, 0) is 16.5 Å². The van der Waals surface area contributed by atoms with E-state index in [1.165, 1.54) is 0 Å².